The molecule has 2 heterocycles. The van der Waals surface area contributed by atoms with Crippen molar-refractivity contribution in [1.29, 1.82) is 0 Å². The number of hydrogen-bond acceptors (Lipinski definition) is 2. The predicted octanol–water partition coefficient (Wildman–Crippen LogP) is 2.84. The summed E-state index contributed by atoms with van der Waals surface area (Å²) < 4.78 is 1.68. The van der Waals surface area contributed by atoms with Gasteiger partial charge < -0.3 is 4.98 Å². The van der Waals surface area contributed by atoms with Crippen molar-refractivity contribution in [2.24, 2.45) is 5.92 Å². The molecule has 0 atom stereocenters. The standard InChI is InChI=1S/C15H17N3O/c1-9(2)7-18-8-16-13-11-5-4-10(3)6-12(11)17-14(13)15(18)19/h4-6,8-9,17H,7H2,1-3H3. The van der Waals surface area contributed by atoms with E-state index in [2.05, 4.69) is 23.8 Å². The van der Waals surface area contributed by atoms with E-state index in [9.17, 15) is 4.79 Å². The molecule has 3 rings (SSSR count). The Morgan fingerprint density at radius 3 is 2.89 bits per heavy atom. The summed E-state index contributed by atoms with van der Waals surface area (Å²) >= 11 is 0. The lowest BCUT2D eigenvalue weighted by atomic mass is 10.2. The first-order valence-electron chi connectivity index (χ1n) is 6.53. The summed E-state index contributed by atoms with van der Waals surface area (Å²) in [7, 11) is 0. The topological polar surface area (TPSA) is 50.7 Å². The number of aryl methyl sites for hydroxylation is 1. The molecule has 0 amide bonds. The maximum absolute atomic E-state index is 12.4. The zero-order chi connectivity index (χ0) is 13.6. The minimum Gasteiger partial charge on any atom is -0.349 e. The zero-order valence-corrected chi connectivity index (χ0v) is 11.4. The van der Waals surface area contributed by atoms with E-state index in [4.69, 9.17) is 0 Å². The predicted molar refractivity (Wildman–Crippen MR) is 77.4 cm³/mol. The largest absolute Gasteiger partial charge is 0.349 e. The Kier molecular flexibility index (Phi) is 2.66. The van der Waals surface area contributed by atoms with Crippen molar-refractivity contribution >= 4 is 21.9 Å². The van der Waals surface area contributed by atoms with Crippen molar-refractivity contribution in [2.45, 2.75) is 27.3 Å². The van der Waals surface area contributed by atoms with E-state index in [1.165, 1.54) is 5.56 Å². The summed E-state index contributed by atoms with van der Waals surface area (Å²) in [5, 5.41) is 1.01. The van der Waals surface area contributed by atoms with Gasteiger partial charge >= 0.3 is 0 Å². The number of nitrogens with one attached hydrogen (secondary N) is 1. The molecular formula is C15H17N3O. The second kappa shape index (κ2) is 4.23. The fraction of sp³-hybridized carbons (Fsp3) is 0.333. The van der Waals surface area contributed by atoms with Gasteiger partial charge in [0.25, 0.3) is 5.56 Å². The number of H-pyrrole nitrogens is 1. The number of rotatable bonds is 2. The van der Waals surface area contributed by atoms with E-state index < -0.39 is 0 Å². The van der Waals surface area contributed by atoms with Crippen molar-refractivity contribution in [3.8, 4) is 0 Å². The minimum absolute atomic E-state index is 0.00699. The van der Waals surface area contributed by atoms with Crippen LogP contribution in [-0.4, -0.2) is 14.5 Å². The molecule has 4 nitrogen and oxygen atoms in total. The van der Waals surface area contributed by atoms with Crippen molar-refractivity contribution in [2.75, 3.05) is 0 Å². The number of hydrogen-bond donors (Lipinski definition) is 1. The van der Waals surface area contributed by atoms with E-state index in [0.29, 0.717) is 18.0 Å². The molecule has 0 aliphatic heterocycles. The number of nitrogens with zero attached hydrogens (tertiary/aromatic N) is 2. The van der Waals surface area contributed by atoms with Crippen LogP contribution < -0.4 is 5.56 Å². The highest BCUT2D eigenvalue weighted by atomic mass is 16.1. The molecule has 4 heteroatoms. The van der Waals surface area contributed by atoms with Crippen LogP contribution in [0.2, 0.25) is 0 Å². The molecule has 19 heavy (non-hydrogen) atoms. The van der Waals surface area contributed by atoms with Gasteiger partial charge in [0.15, 0.2) is 0 Å². The van der Waals surface area contributed by atoms with Crippen molar-refractivity contribution in [1.82, 2.24) is 14.5 Å². The van der Waals surface area contributed by atoms with Gasteiger partial charge in [0.2, 0.25) is 0 Å². The number of fused-ring (bicyclic) bond motifs is 3. The van der Waals surface area contributed by atoms with E-state index in [-0.39, 0.29) is 5.56 Å². The van der Waals surface area contributed by atoms with E-state index in [1.54, 1.807) is 10.9 Å². The minimum atomic E-state index is 0.00699. The molecule has 98 valence electrons. The lowest BCUT2D eigenvalue weighted by Gasteiger charge is -2.07. The summed E-state index contributed by atoms with van der Waals surface area (Å²) in [5.41, 5.74) is 3.51. The Labute approximate surface area is 111 Å². The summed E-state index contributed by atoms with van der Waals surface area (Å²) in [6.07, 6.45) is 1.65. The van der Waals surface area contributed by atoms with Gasteiger partial charge in [-0.15, -0.1) is 0 Å². The molecule has 0 radical (unpaired) electrons. The van der Waals surface area contributed by atoms with Crippen molar-refractivity contribution in [3.05, 3.63) is 40.4 Å². The van der Waals surface area contributed by atoms with Crippen LogP contribution >= 0.6 is 0 Å². The van der Waals surface area contributed by atoms with Gasteiger partial charge in [0.1, 0.15) is 11.0 Å². The molecule has 0 bridgehead atoms. The van der Waals surface area contributed by atoms with Gasteiger partial charge in [-0.25, -0.2) is 4.98 Å². The zero-order valence-electron chi connectivity index (χ0n) is 11.4. The first kappa shape index (κ1) is 12.0. The molecule has 1 N–H and O–H groups in total. The third-order valence-electron chi connectivity index (χ3n) is 3.29. The number of benzene rings is 1. The Hall–Kier alpha value is -2.10. The quantitative estimate of drug-likeness (QED) is 0.765. The van der Waals surface area contributed by atoms with Crippen LogP contribution in [0.15, 0.2) is 29.3 Å². The smallest absolute Gasteiger partial charge is 0.277 e. The van der Waals surface area contributed by atoms with Crippen molar-refractivity contribution in [3.63, 3.8) is 0 Å². The molecule has 0 aliphatic rings. The van der Waals surface area contributed by atoms with Crippen LogP contribution in [0.4, 0.5) is 0 Å². The van der Waals surface area contributed by atoms with E-state index in [0.717, 1.165) is 16.4 Å². The lowest BCUT2D eigenvalue weighted by Crippen LogP contribution is -2.22. The lowest BCUT2D eigenvalue weighted by molar-refractivity contribution is 0.508. The molecular weight excluding hydrogens is 238 g/mol. The fourth-order valence-electron chi connectivity index (χ4n) is 2.43. The Morgan fingerprint density at radius 2 is 2.16 bits per heavy atom. The van der Waals surface area contributed by atoms with E-state index in [1.807, 2.05) is 25.1 Å². The SMILES string of the molecule is Cc1ccc2c(c1)[nH]c1c(=O)n(CC(C)C)cnc12. The maximum atomic E-state index is 12.4. The van der Waals surface area contributed by atoms with Gasteiger partial charge in [-0.05, 0) is 24.5 Å². The molecule has 2 aromatic heterocycles. The molecule has 0 unspecified atom stereocenters. The molecule has 0 saturated heterocycles. The third-order valence-corrected chi connectivity index (χ3v) is 3.29. The van der Waals surface area contributed by atoms with Gasteiger partial charge in [-0.3, -0.25) is 9.36 Å². The number of aromatic nitrogens is 3. The van der Waals surface area contributed by atoms with Crippen LogP contribution in [0.1, 0.15) is 19.4 Å². The molecule has 0 aliphatic carbocycles. The second-order valence-corrected chi connectivity index (χ2v) is 5.49. The third kappa shape index (κ3) is 1.93. The van der Waals surface area contributed by atoms with Gasteiger partial charge in [0, 0.05) is 17.4 Å². The molecule has 0 saturated carbocycles. The van der Waals surface area contributed by atoms with Gasteiger partial charge in [-0.2, -0.15) is 0 Å². The van der Waals surface area contributed by atoms with Gasteiger partial charge in [0.05, 0.1) is 6.33 Å². The average molecular weight is 255 g/mol. The maximum Gasteiger partial charge on any atom is 0.277 e. The average Bonchev–Trinajstić information content (AvgIpc) is 2.70. The van der Waals surface area contributed by atoms with Crippen LogP contribution in [-0.2, 0) is 6.54 Å². The van der Waals surface area contributed by atoms with E-state index >= 15 is 0 Å². The summed E-state index contributed by atoms with van der Waals surface area (Å²) in [4.78, 5) is 20.1. The second-order valence-electron chi connectivity index (χ2n) is 5.49. The van der Waals surface area contributed by atoms with Crippen LogP contribution in [0.25, 0.3) is 21.9 Å². The highest BCUT2D eigenvalue weighted by Gasteiger charge is 2.11. The van der Waals surface area contributed by atoms with Crippen LogP contribution in [0.3, 0.4) is 0 Å². The summed E-state index contributed by atoms with van der Waals surface area (Å²) in [5.74, 6) is 0.420. The Bertz CT molecular complexity index is 811. The van der Waals surface area contributed by atoms with Crippen molar-refractivity contribution < 1.29 is 0 Å². The highest BCUT2D eigenvalue weighted by molar-refractivity contribution is 6.04. The van der Waals surface area contributed by atoms with Crippen LogP contribution in [0.5, 0.6) is 0 Å². The highest BCUT2D eigenvalue weighted by Crippen LogP contribution is 2.22. The Balaban J connectivity index is 2.32. The molecule has 3 aromatic rings. The molecule has 0 fully saturated rings. The molecule has 0 spiro atoms. The molecule has 1 aromatic carbocycles. The normalized spacial score (nSPS) is 11.8. The first-order chi connectivity index (χ1) is 9.06. The van der Waals surface area contributed by atoms with Crippen LogP contribution in [0, 0.1) is 12.8 Å². The monoisotopic (exact) mass is 255 g/mol. The summed E-state index contributed by atoms with van der Waals surface area (Å²) in [6.45, 7) is 6.90. The summed E-state index contributed by atoms with van der Waals surface area (Å²) in [6, 6.07) is 6.10. The fourth-order valence-corrected chi connectivity index (χ4v) is 2.43. The first-order valence-corrected chi connectivity index (χ1v) is 6.53. The van der Waals surface area contributed by atoms with Gasteiger partial charge in [-0.1, -0.05) is 26.0 Å². The Morgan fingerprint density at radius 1 is 1.37 bits per heavy atom. The number of aromatic amines is 1.